The van der Waals surface area contributed by atoms with E-state index in [0.717, 1.165) is 42.9 Å². The number of unbranched alkanes of at least 4 members (excludes halogenated alkanes) is 1. The van der Waals surface area contributed by atoms with Gasteiger partial charge in [-0.2, -0.15) is 10.4 Å². The maximum Gasteiger partial charge on any atom is 0.223 e. The van der Waals surface area contributed by atoms with E-state index in [4.69, 9.17) is 22.0 Å². The Morgan fingerprint density at radius 2 is 2.38 bits per heavy atom. The van der Waals surface area contributed by atoms with Crippen molar-refractivity contribution in [3.8, 4) is 6.19 Å². The molecule has 9 heteroatoms. The van der Waals surface area contributed by atoms with Crippen molar-refractivity contribution in [1.82, 2.24) is 20.5 Å². The van der Waals surface area contributed by atoms with Crippen molar-refractivity contribution < 1.29 is 4.79 Å². The van der Waals surface area contributed by atoms with Crippen LogP contribution in [0, 0.1) is 11.5 Å². The Morgan fingerprint density at radius 3 is 3.00 bits per heavy atom. The Morgan fingerprint density at radius 1 is 1.54 bits per heavy atom. The predicted octanol–water partition coefficient (Wildman–Crippen LogP) is 2.16. The summed E-state index contributed by atoms with van der Waals surface area (Å²) in [5.41, 5.74) is 0.846. The van der Waals surface area contributed by atoms with Crippen molar-refractivity contribution in [3.63, 3.8) is 0 Å². The molecule has 1 amide bonds. The van der Waals surface area contributed by atoms with Crippen LogP contribution < -0.4 is 10.6 Å². The zero-order valence-corrected chi connectivity index (χ0v) is 16.3. The van der Waals surface area contributed by atoms with Crippen LogP contribution in [0.15, 0.2) is 17.2 Å². The SMILES string of the molecule is CCCCNC(NC#N)N1CC(N2CCCC2=O)C(c2ccc(Cl)s2)=N1. The van der Waals surface area contributed by atoms with Crippen LogP contribution in [-0.2, 0) is 4.79 Å². The average molecular weight is 395 g/mol. The molecule has 0 spiro atoms. The van der Waals surface area contributed by atoms with Gasteiger partial charge >= 0.3 is 0 Å². The minimum Gasteiger partial charge on any atom is -0.332 e. The van der Waals surface area contributed by atoms with Crippen LogP contribution in [-0.4, -0.2) is 53.5 Å². The number of hydrogen-bond donors (Lipinski definition) is 2. The highest BCUT2D eigenvalue weighted by atomic mass is 35.5. The molecule has 2 aliphatic heterocycles. The van der Waals surface area contributed by atoms with Crippen molar-refractivity contribution in [2.24, 2.45) is 5.10 Å². The lowest BCUT2D eigenvalue weighted by atomic mass is 10.1. The summed E-state index contributed by atoms with van der Waals surface area (Å²) >= 11 is 7.57. The molecule has 0 aliphatic carbocycles. The molecule has 0 bridgehead atoms. The molecule has 0 radical (unpaired) electrons. The van der Waals surface area contributed by atoms with Gasteiger partial charge in [-0.25, -0.2) is 0 Å². The van der Waals surface area contributed by atoms with E-state index >= 15 is 0 Å². The number of thiophene rings is 1. The van der Waals surface area contributed by atoms with Gasteiger partial charge in [-0.1, -0.05) is 24.9 Å². The second-order valence-corrected chi connectivity index (χ2v) is 8.10. The van der Waals surface area contributed by atoms with E-state index in [9.17, 15) is 4.79 Å². The van der Waals surface area contributed by atoms with Crippen LogP contribution in [0.2, 0.25) is 4.34 Å². The number of likely N-dealkylation sites (tertiary alicyclic amines) is 1. The Kier molecular flexibility index (Phi) is 6.35. The molecular weight excluding hydrogens is 372 g/mol. The summed E-state index contributed by atoms with van der Waals surface area (Å²) in [4.78, 5) is 15.2. The maximum atomic E-state index is 12.3. The van der Waals surface area contributed by atoms with Crippen LogP contribution in [0.5, 0.6) is 0 Å². The molecule has 0 saturated carbocycles. The number of hydrogen-bond acceptors (Lipinski definition) is 7. The molecule has 2 aliphatic rings. The van der Waals surface area contributed by atoms with Gasteiger partial charge in [-0.05, 0) is 31.5 Å². The summed E-state index contributed by atoms with van der Waals surface area (Å²) in [5, 5.41) is 21.8. The third-order valence-electron chi connectivity index (χ3n) is 4.59. The first kappa shape index (κ1) is 19.0. The van der Waals surface area contributed by atoms with E-state index in [1.54, 1.807) is 0 Å². The number of nitriles is 1. The van der Waals surface area contributed by atoms with Crippen molar-refractivity contribution in [2.75, 3.05) is 19.6 Å². The lowest BCUT2D eigenvalue weighted by Gasteiger charge is -2.29. The van der Waals surface area contributed by atoms with E-state index < -0.39 is 0 Å². The quantitative estimate of drug-likeness (QED) is 0.305. The number of carbonyl (C=O) groups excluding carboxylic acids is 1. The highest BCUT2D eigenvalue weighted by Crippen LogP contribution is 2.29. The number of carbonyl (C=O) groups is 1. The molecule has 1 aromatic rings. The van der Waals surface area contributed by atoms with E-state index in [1.165, 1.54) is 11.3 Å². The van der Waals surface area contributed by atoms with Gasteiger partial charge in [-0.15, -0.1) is 11.3 Å². The van der Waals surface area contributed by atoms with Gasteiger partial charge in [0.1, 0.15) is 5.71 Å². The Balaban J connectivity index is 1.83. The second-order valence-electron chi connectivity index (χ2n) is 6.38. The Labute approximate surface area is 162 Å². The van der Waals surface area contributed by atoms with Gasteiger partial charge in [0.25, 0.3) is 0 Å². The molecule has 0 aromatic carbocycles. The smallest absolute Gasteiger partial charge is 0.223 e. The zero-order valence-electron chi connectivity index (χ0n) is 14.7. The zero-order chi connectivity index (χ0) is 18.5. The Hall–Kier alpha value is -1.82. The van der Waals surface area contributed by atoms with Crippen LogP contribution in [0.3, 0.4) is 0 Å². The molecule has 3 heterocycles. The Bertz CT molecular complexity index is 714. The first-order valence-electron chi connectivity index (χ1n) is 8.92. The van der Waals surface area contributed by atoms with Crippen LogP contribution in [0.25, 0.3) is 0 Å². The molecule has 140 valence electrons. The molecule has 26 heavy (non-hydrogen) atoms. The summed E-state index contributed by atoms with van der Waals surface area (Å²) in [7, 11) is 0. The van der Waals surface area contributed by atoms with Crippen LogP contribution in [0.4, 0.5) is 0 Å². The summed E-state index contributed by atoms with van der Waals surface area (Å²) in [6, 6.07) is 3.68. The highest BCUT2D eigenvalue weighted by molar-refractivity contribution is 7.18. The third-order valence-corrected chi connectivity index (χ3v) is 5.84. The molecular formula is C17H23ClN6OS. The lowest BCUT2D eigenvalue weighted by Crippen LogP contribution is -2.53. The second kappa shape index (κ2) is 8.71. The largest absolute Gasteiger partial charge is 0.332 e. The molecule has 1 fully saturated rings. The van der Waals surface area contributed by atoms with Crippen LogP contribution >= 0.6 is 22.9 Å². The monoisotopic (exact) mass is 394 g/mol. The molecule has 7 nitrogen and oxygen atoms in total. The number of amides is 1. The molecule has 1 aromatic heterocycles. The minimum atomic E-state index is -0.389. The first-order chi connectivity index (χ1) is 12.6. The number of halogens is 1. The fourth-order valence-corrected chi connectivity index (χ4v) is 4.37. The fraction of sp³-hybridized carbons (Fsp3) is 0.588. The molecule has 3 rings (SSSR count). The topological polar surface area (TPSA) is 83.8 Å². The summed E-state index contributed by atoms with van der Waals surface area (Å²) in [6.07, 6.45) is 5.16. The van der Waals surface area contributed by atoms with Gasteiger partial charge in [0.05, 0.1) is 21.8 Å². The van der Waals surface area contributed by atoms with E-state index in [0.29, 0.717) is 17.3 Å². The standard InChI is InChI=1S/C17H23ClN6OS/c1-2-3-8-20-17(21-11-19)24-10-12(23-9-4-5-15(23)25)16(22-24)13-6-7-14(18)26-13/h6-7,12,17,20-21H,2-5,8-10H2,1H3. The van der Waals surface area contributed by atoms with E-state index in [-0.39, 0.29) is 18.2 Å². The molecule has 2 unspecified atom stereocenters. The normalized spacial score (nSPS) is 21.0. The summed E-state index contributed by atoms with van der Waals surface area (Å²) in [6.45, 7) is 4.20. The molecule has 2 atom stereocenters. The number of rotatable bonds is 8. The summed E-state index contributed by atoms with van der Waals surface area (Å²) < 4.78 is 0.695. The molecule has 2 N–H and O–H groups in total. The highest BCUT2D eigenvalue weighted by Gasteiger charge is 2.39. The van der Waals surface area contributed by atoms with Gasteiger partial charge in [0.15, 0.2) is 12.5 Å². The minimum absolute atomic E-state index is 0.115. The predicted molar refractivity (Wildman–Crippen MR) is 103 cm³/mol. The number of nitrogens with zero attached hydrogens (tertiary/aromatic N) is 4. The number of nitrogens with one attached hydrogen (secondary N) is 2. The lowest BCUT2D eigenvalue weighted by molar-refractivity contribution is -0.128. The summed E-state index contributed by atoms with van der Waals surface area (Å²) in [5.74, 6) is 0.163. The first-order valence-corrected chi connectivity index (χ1v) is 10.1. The van der Waals surface area contributed by atoms with Crippen molar-refractivity contribution in [3.05, 3.63) is 21.3 Å². The van der Waals surface area contributed by atoms with Gasteiger partial charge in [0.2, 0.25) is 5.91 Å². The van der Waals surface area contributed by atoms with Gasteiger partial charge in [0, 0.05) is 13.0 Å². The van der Waals surface area contributed by atoms with Gasteiger partial charge in [-0.3, -0.25) is 20.4 Å². The maximum absolute atomic E-state index is 12.3. The average Bonchev–Trinajstić information content (AvgIpc) is 3.33. The van der Waals surface area contributed by atoms with Crippen molar-refractivity contribution in [1.29, 1.82) is 5.26 Å². The van der Waals surface area contributed by atoms with E-state index in [1.807, 2.05) is 28.2 Å². The van der Waals surface area contributed by atoms with Crippen molar-refractivity contribution >= 4 is 34.6 Å². The van der Waals surface area contributed by atoms with E-state index in [2.05, 4.69) is 17.6 Å². The van der Waals surface area contributed by atoms with Crippen LogP contribution in [0.1, 0.15) is 37.5 Å². The van der Waals surface area contributed by atoms with Gasteiger partial charge < -0.3 is 4.90 Å². The molecule has 1 saturated heterocycles. The number of hydrazone groups is 1. The third kappa shape index (κ3) is 4.11. The van der Waals surface area contributed by atoms with Crippen molar-refractivity contribution in [2.45, 2.75) is 44.9 Å². The fourth-order valence-electron chi connectivity index (χ4n) is 3.29.